The van der Waals surface area contributed by atoms with Gasteiger partial charge in [0.1, 0.15) is 0 Å². The molecule has 0 bridgehead atoms. The van der Waals surface area contributed by atoms with Gasteiger partial charge in [0.2, 0.25) is 0 Å². The first-order chi connectivity index (χ1) is 8.60. The van der Waals surface area contributed by atoms with Gasteiger partial charge in [-0.25, -0.2) is 0 Å². The van der Waals surface area contributed by atoms with Crippen molar-refractivity contribution in [3.05, 3.63) is 0 Å². The van der Waals surface area contributed by atoms with Crippen LogP contribution in [0.15, 0.2) is 0 Å². The van der Waals surface area contributed by atoms with Crippen LogP contribution in [0.1, 0.15) is 58.8 Å². The van der Waals surface area contributed by atoms with E-state index in [9.17, 15) is 4.79 Å². The summed E-state index contributed by atoms with van der Waals surface area (Å²) in [6, 6.07) is 0. The van der Waals surface area contributed by atoms with E-state index < -0.39 is 0 Å². The van der Waals surface area contributed by atoms with E-state index in [0.29, 0.717) is 12.0 Å². The van der Waals surface area contributed by atoms with Crippen LogP contribution in [0.5, 0.6) is 0 Å². The molecule has 0 aromatic rings. The Morgan fingerprint density at radius 3 is 2.28 bits per heavy atom. The number of piperidine rings is 1. The average molecular weight is 253 g/mol. The van der Waals surface area contributed by atoms with Crippen LogP contribution in [0.25, 0.3) is 0 Å². The fourth-order valence-electron chi connectivity index (χ4n) is 3.47. The van der Waals surface area contributed by atoms with E-state index in [4.69, 9.17) is 4.74 Å². The average Bonchev–Trinajstić information content (AvgIpc) is 2.33. The topological polar surface area (TPSA) is 29.5 Å². The molecule has 0 aromatic heterocycles. The quantitative estimate of drug-likeness (QED) is 0.724. The number of nitrogens with zero attached hydrogens (tertiary/aromatic N) is 1. The highest BCUT2D eigenvalue weighted by atomic mass is 16.5. The van der Waals surface area contributed by atoms with Crippen LogP contribution in [-0.2, 0) is 9.53 Å². The van der Waals surface area contributed by atoms with E-state index >= 15 is 0 Å². The summed E-state index contributed by atoms with van der Waals surface area (Å²) in [5, 5.41) is 0. The van der Waals surface area contributed by atoms with Crippen molar-refractivity contribution in [1.82, 2.24) is 4.90 Å². The number of carbonyl (C=O) groups is 1. The molecular weight excluding hydrogens is 226 g/mol. The summed E-state index contributed by atoms with van der Waals surface area (Å²) in [6.45, 7) is 6.45. The minimum atomic E-state index is -0.0652. The minimum absolute atomic E-state index is 0.00646. The molecule has 3 heteroatoms. The predicted molar refractivity (Wildman–Crippen MR) is 72.4 cm³/mol. The monoisotopic (exact) mass is 253 g/mol. The van der Waals surface area contributed by atoms with E-state index in [-0.39, 0.29) is 12.1 Å². The zero-order valence-electron chi connectivity index (χ0n) is 11.9. The maximum Gasteiger partial charge on any atom is 0.320 e. The summed E-state index contributed by atoms with van der Waals surface area (Å²) in [4.78, 5) is 13.9. The zero-order chi connectivity index (χ0) is 13.0. The summed E-state index contributed by atoms with van der Waals surface area (Å²) < 4.78 is 5.21. The minimum Gasteiger partial charge on any atom is -0.462 e. The standard InChI is InChI=1S/C15H27NO2/c1-13(2)18-14(17)12-16-10-8-15(9-11-16)6-4-3-5-7-15/h13H,3-12H2,1-2H3. The van der Waals surface area contributed by atoms with Crippen LogP contribution >= 0.6 is 0 Å². The van der Waals surface area contributed by atoms with Crippen molar-refractivity contribution >= 4 is 5.97 Å². The molecule has 3 nitrogen and oxygen atoms in total. The summed E-state index contributed by atoms with van der Waals surface area (Å²) in [6.07, 6.45) is 9.64. The van der Waals surface area contributed by atoms with Crippen molar-refractivity contribution in [3.8, 4) is 0 Å². The van der Waals surface area contributed by atoms with Gasteiger partial charge in [0.25, 0.3) is 0 Å². The van der Waals surface area contributed by atoms with Gasteiger partial charge < -0.3 is 4.74 Å². The molecule has 1 saturated carbocycles. The van der Waals surface area contributed by atoms with E-state index in [2.05, 4.69) is 4.90 Å². The number of esters is 1. The normalized spacial score (nSPS) is 24.4. The summed E-state index contributed by atoms with van der Waals surface area (Å²) in [5.74, 6) is -0.0652. The summed E-state index contributed by atoms with van der Waals surface area (Å²) >= 11 is 0. The zero-order valence-corrected chi connectivity index (χ0v) is 11.9. The van der Waals surface area contributed by atoms with E-state index in [1.165, 1.54) is 44.9 Å². The van der Waals surface area contributed by atoms with Crippen LogP contribution in [0, 0.1) is 5.41 Å². The fraction of sp³-hybridized carbons (Fsp3) is 0.933. The highest BCUT2D eigenvalue weighted by molar-refractivity contribution is 5.71. The molecule has 2 fully saturated rings. The lowest BCUT2D eigenvalue weighted by Gasteiger charge is -2.44. The Morgan fingerprint density at radius 2 is 1.72 bits per heavy atom. The molecule has 1 aliphatic heterocycles. The predicted octanol–water partition coefficient (Wildman–Crippen LogP) is 2.98. The van der Waals surface area contributed by atoms with Gasteiger partial charge in [-0.3, -0.25) is 9.69 Å². The van der Waals surface area contributed by atoms with Crippen molar-refractivity contribution in [2.45, 2.75) is 64.9 Å². The molecule has 1 spiro atoms. The molecule has 0 amide bonds. The lowest BCUT2D eigenvalue weighted by atomic mass is 9.68. The first kappa shape index (κ1) is 13.9. The van der Waals surface area contributed by atoms with Gasteiger partial charge in [0, 0.05) is 0 Å². The summed E-state index contributed by atoms with van der Waals surface area (Å²) in [5.41, 5.74) is 0.622. The van der Waals surface area contributed by atoms with Crippen molar-refractivity contribution in [2.75, 3.05) is 19.6 Å². The molecule has 0 unspecified atom stereocenters. The number of rotatable bonds is 3. The second-order valence-electron chi connectivity index (χ2n) is 6.38. The van der Waals surface area contributed by atoms with Crippen LogP contribution in [0.2, 0.25) is 0 Å². The molecule has 0 radical (unpaired) electrons. The molecule has 2 aliphatic rings. The Kier molecular flexibility index (Phi) is 4.66. The van der Waals surface area contributed by atoms with Crippen molar-refractivity contribution in [1.29, 1.82) is 0 Å². The molecule has 1 saturated heterocycles. The first-order valence-electron chi connectivity index (χ1n) is 7.52. The molecule has 1 aliphatic carbocycles. The molecule has 1 heterocycles. The molecule has 0 aromatic carbocycles. The maximum absolute atomic E-state index is 11.6. The van der Waals surface area contributed by atoms with Gasteiger partial charge in [-0.05, 0) is 58.0 Å². The number of hydrogen-bond acceptors (Lipinski definition) is 3. The largest absolute Gasteiger partial charge is 0.462 e. The van der Waals surface area contributed by atoms with Crippen molar-refractivity contribution in [3.63, 3.8) is 0 Å². The molecule has 18 heavy (non-hydrogen) atoms. The fourth-order valence-corrected chi connectivity index (χ4v) is 3.47. The SMILES string of the molecule is CC(C)OC(=O)CN1CCC2(CCCCC2)CC1. The Morgan fingerprint density at radius 1 is 1.11 bits per heavy atom. The third-order valence-electron chi connectivity index (χ3n) is 4.55. The second-order valence-corrected chi connectivity index (χ2v) is 6.38. The van der Waals surface area contributed by atoms with Crippen LogP contribution < -0.4 is 0 Å². The summed E-state index contributed by atoms with van der Waals surface area (Å²) in [7, 11) is 0. The number of likely N-dealkylation sites (tertiary alicyclic amines) is 1. The maximum atomic E-state index is 11.6. The molecule has 104 valence electrons. The van der Waals surface area contributed by atoms with Crippen molar-refractivity contribution in [2.24, 2.45) is 5.41 Å². The third-order valence-corrected chi connectivity index (χ3v) is 4.55. The van der Waals surface area contributed by atoms with Gasteiger partial charge >= 0.3 is 5.97 Å². The Bertz CT molecular complexity index is 272. The number of hydrogen-bond donors (Lipinski definition) is 0. The van der Waals surface area contributed by atoms with Crippen LogP contribution in [-0.4, -0.2) is 36.6 Å². The molecule has 0 atom stereocenters. The number of ether oxygens (including phenoxy) is 1. The second kappa shape index (κ2) is 6.05. The van der Waals surface area contributed by atoms with Gasteiger partial charge in [-0.2, -0.15) is 0 Å². The van der Waals surface area contributed by atoms with Crippen LogP contribution in [0.4, 0.5) is 0 Å². The molecule has 0 N–H and O–H groups in total. The molecule has 2 rings (SSSR count). The van der Waals surface area contributed by atoms with E-state index in [1.807, 2.05) is 13.8 Å². The molecular formula is C15H27NO2. The smallest absolute Gasteiger partial charge is 0.320 e. The highest BCUT2D eigenvalue weighted by Crippen LogP contribution is 2.44. The Labute approximate surface area is 111 Å². The number of carbonyl (C=O) groups excluding carboxylic acids is 1. The van der Waals surface area contributed by atoms with Crippen LogP contribution in [0.3, 0.4) is 0 Å². The van der Waals surface area contributed by atoms with Gasteiger partial charge in [0.15, 0.2) is 0 Å². The Balaban J connectivity index is 1.74. The van der Waals surface area contributed by atoms with Gasteiger partial charge in [-0.1, -0.05) is 19.3 Å². The van der Waals surface area contributed by atoms with Crippen molar-refractivity contribution < 1.29 is 9.53 Å². The third kappa shape index (κ3) is 3.71. The Hall–Kier alpha value is -0.570. The van der Waals surface area contributed by atoms with Gasteiger partial charge in [-0.15, -0.1) is 0 Å². The highest BCUT2D eigenvalue weighted by Gasteiger charge is 2.35. The van der Waals surface area contributed by atoms with E-state index in [0.717, 1.165) is 13.1 Å². The lowest BCUT2D eigenvalue weighted by Crippen LogP contribution is -2.43. The lowest BCUT2D eigenvalue weighted by molar-refractivity contribution is -0.149. The first-order valence-corrected chi connectivity index (χ1v) is 7.52. The van der Waals surface area contributed by atoms with E-state index in [1.54, 1.807) is 0 Å². The van der Waals surface area contributed by atoms with Gasteiger partial charge in [0.05, 0.1) is 12.6 Å².